The van der Waals surface area contributed by atoms with E-state index in [0.717, 1.165) is 57.1 Å². The highest BCUT2D eigenvalue weighted by Crippen LogP contribution is 2.43. The van der Waals surface area contributed by atoms with Gasteiger partial charge in [-0.1, -0.05) is 51.3 Å². The second-order valence-corrected chi connectivity index (χ2v) is 10.3. The van der Waals surface area contributed by atoms with Crippen molar-refractivity contribution in [1.29, 1.82) is 0 Å². The van der Waals surface area contributed by atoms with Gasteiger partial charge in [0.1, 0.15) is 6.04 Å². The fourth-order valence-electron chi connectivity index (χ4n) is 6.11. The first-order chi connectivity index (χ1) is 16.0. The third-order valence-electron chi connectivity index (χ3n) is 8.25. The Kier molecular flexibility index (Phi) is 7.71. The molecule has 0 radical (unpaired) electrons. The lowest BCUT2D eigenvalue weighted by Gasteiger charge is -2.36. The Morgan fingerprint density at radius 3 is 2.42 bits per heavy atom. The summed E-state index contributed by atoms with van der Waals surface area (Å²) in [4.78, 5) is 41.9. The van der Waals surface area contributed by atoms with E-state index in [2.05, 4.69) is 10.6 Å². The van der Waals surface area contributed by atoms with Gasteiger partial charge in [-0.05, 0) is 62.5 Å². The summed E-state index contributed by atoms with van der Waals surface area (Å²) in [7, 11) is 0. The fourth-order valence-corrected chi connectivity index (χ4v) is 6.11. The molecule has 0 unspecified atom stereocenters. The van der Waals surface area contributed by atoms with E-state index >= 15 is 0 Å². The number of hydrogen-bond acceptors (Lipinski definition) is 3. The van der Waals surface area contributed by atoms with Crippen molar-refractivity contribution < 1.29 is 14.4 Å². The van der Waals surface area contributed by atoms with Crippen molar-refractivity contribution >= 4 is 23.4 Å². The van der Waals surface area contributed by atoms with Crippen molar-refractivity contribution in [2.24, 2.45) is 23.7 Å². The lowest BCUT2D eigenvalue weighted by atomic mass is 9.82. The number of rotatable bonds is 7. The van der Waals surface area contributed by atoms with Crippen molar-refractivity contribution in [3.63, 3.8) is 0 Å². The number of para-hydroxylation sites is 1. The van der Waals surface area contributed by atoms with Crippen molar-refractivity contribution in [3.8, 4) is 0 Å². The first-order valence-corrected chi connectivity index (χ1v) is 13.0. The average Bonchev–Trinajstić information content (AvgIpc) is 3.45. The molecule has 2 aliphatic carbocycles. The van der Waals surface area contributed by atoms with Crippen molar-refractivity contribution in [3.05, 3.63) is 30.3 Å². The van der Waals surface area contributed by atoms with Crippen LogP contribution in [0, 0.1) is 23.7 Å². The predicted molar refractivity (Wildman–Crippen MR) is 129 cm³/mol. The van der Waals surface area contributed by atoms with Crippen LogP contribution < -0.4 is 10.6 Å². The molecule has 5 atom stereocenters. The van der Waals surface area contributed by atoms with Gasteiger partial charge in [0.15, 0.2) is 0 Å². The largest absolute Gasteiger partial charge is 0.344 e. The van der Waals surface area contributed by atoms with Gasteiger partial charge in [0.2, 0.25) is 17.7 Å². The Bertz CT molecular complexity index is 836. The Balaban J connectivity index is 1.51. The van der Waals surface area contributed by atoms with Crippen LogP contribution in [0.15, 0.2) is 30.3 Å². The van der Waals surface area contributed by atoms with Crippen LogP contribution in [0.3, 0.4) is 0 Å². The van der Waals surface area contributed by atoms with E-state index in [9.17, 15) is 14.4 Å². The highest BCUT2D eigenvalue weighted by molar-refractivity contribution is 5.94. The standard InChI is InChI=1S/C27H39N3O3/c1-3-18(2)25(31)29-23(19-10-6-4-7-11-19)27(33)30-17-16-20-14-15-22(24(20)30)26(32)28-21-12-8-5-9-13-21/h5,8-9,12-13,18-20,22-24H,3-4,6-7,10-11,14-17H2,1-2H3,(H,28,32)(H,29,31)/t18-,20-,22+,23+,24+/m1/s1. The summed E-state index contributed by atoms with van der Waals surface area (Å²) in [5.41, 5.74) is 0.794. The Labute approximate surface area is 197 Å². The molecule has 1 aromatic carbocycles. The molecule has 0 bridgehead atoms. The maximum absolute atomic E-state index is 13.9. The van der Waals surface area contributed by atoms with E-state index in [1.807, 2.05) is 49.1 Å². The van der Waals surface area contributed by atoms with Crippen LogP contribution in [-0.2, 0) is 14.4 Å². The summed E-state index contributed by atoms with van der Waals surface area (Å²) in [6.07, 6.45) is 8.89. The van der Waals surface area contributed by atoms with E-state index in [0.29, 0.717) is 12.5 Å². The Morgan fingerprint density at radius 1 is 1.00 bits per heavy atom. The average molecular weight is 454 g/mol. The molecule has 6 nitrogen and oxygen atoms in total. The van der Waals surface area contributed by atoms with Gasteiger partial charge in [-0.3, -0.25) is 14.4 Å². The third-order valence-corrected chi connectivity index (χ3v) is 8.25. The highest BCUT2D eigenvalue weighted by Gasteiger charge is 2.50. The zero-order chi connectivity index (χ0) is 23.4. The fraction of sp³-hybridized carbons (Fsp3) is 0.667. The number of benzene rings is 1. The van der Waals surface area contributed by atoms with Gasteiger partial charge in [0.25, 0.3) is 0 Å². The van der Waals surface area contributed by atoms with E-state index < -0.39 is 6.04 Å². The molecule has 0 aromatic heterocycles. The molecule has 1 heterocycles. The number of nitrogens with one attached hydrogen (secondary N) is 2. The van der Waals surface area contributed by atoms with E-state index in [1.165, 1.54) is 6.42 Å². The van der Waals surface area contributed by atoms with Gasteiger partial charge >= 0.3 is 0 Å². The molecule has 2 N–H and O–H groups in total. The number of amides is 3. The van der Waals surface area contributed by atoms with Crippen LogP contribution in [0.4, 0.5) is 5.69 Å². The number of nitrogens with zero attached hydrogens (tertiary/aromatic N) is 1. The lowest BCUT2D eigenvalue weighted by molar-refractivity contribution is -0.141. The van der Waals surface area contributed by atoms with Gasteiger partial charge in [0.05, 0.1) is 5.92 Å². The molecule has 6 heteroatoms. The van der Waals surface area contributed by atoms with Gasteiger partial charge in [0, 0.05) is 24.2 Å². The second kappa shape index (κ2) is 10.7. The second-order valence-electron chi connectivity index (χ2n) is 10.3. The number of carbonyl (C=O) groups is 3. The molecule has 1 saturated heterocycles. The Morgan fingerprint density at radius 2 is 1.73 bits per heavy atom. The van der Waals surface area contributed by atoms with Gasteiger partial charge in [-0.15, -0.1) is 0 Å². The van der Waals surface area contributed by atoms with Gasteiger partial charge in [-0.2, -0.15) is 0 Å². The SMILES string of the molecule is CC[C@@H](C)C(=O)N[C@H](C(=O)N1CC[C@H]2CC[C@H](C(=O)Nc3ccccc3)[C@H]21)C1CCCCC1. The quantitative estimate of drug-likeness (QED) is 0.644. The molecular weight excluding hydrogens is 414 g/mol. The smallest absolute Gasteiger partial charge is 0.245 e. The minimum absolute atomic E-state index is 0.00579. The summed E-state index contributed by atoms with van der Waals surface area (Å²) in [5.74, 6) is 0.276. The predicted octanol–water partition coefficient (Wildman–Crippen LogP) is 4.36. The number of anilines is 1. The summed E-state index contributed by atoms with van der Waals surface area (Å²) in [5, 5.41) is 6.20. The molecule has 2 saturated carbocycles. The van der Waals surface area contributed by atoms with Crippen LogP contribution in [-0.4, -0.2) is 41.2 Å². The molecule has 3 amide bonds. The van der Waals surface area contributed by atoms with Crippen molar-refractivity contribution in [2.45, 2.75) is 83.7 Å². The molecule has 3 fully saturated rings. The topological polar surface area (TPSA) is 78.5 Å². The minimum Gasteiger partial charge on any atom is -0.344 e. The van der Waals surface area contributed by atoms with Crippen LogP contribution >= 0.6 is 0 Å². The first kappa shape index (κ1) is 23.8. The maximum atomic E-state index is 13.9. The number of hydrogen-bond donors (Lipinski definition) is 2. The highest BCUT2D eigenvalue weighted by atomic mass is 16.2. The Hall–Kier alpha value is -2.37. The molecule has 4 rings (SSSR count). The molecule has 33 heavy (non-hydrogen) atoms. The van der Waals surface area contributed by atoms with Crippen LogP contribution in [0.1, 0.15) is 71.6 Å². The number of carbonyl (C=O) groups excluding carboxylic acids is 3. The van der Waals surface area contributed by atoms with Crippen LogP contribution in [0.2, 0.25) is 0 Å². The third kappa shape index (κ3) is 5.25. The number of fused-ring (bicyclic) bond motifs is 1. The normalized spacial score (nSPS) is 27.0. The summed E-state index contributed by atoms with van der Waals surface area (Å²) >= 11 is 0. The van der Waals surface area contributed by atoms with Crippen LogP contribution in [0.5, 0.6) is 0 Å². The zero-order valence-corrected chi connectivity index (χ0v) is 20.1. The zero-order valence-electron chi connectivity index (χ0n) is 20.1. The molecule has 180 valence electrons. The lowest BCUT2D eigenvalue weighted by Crippen LogP contribution is -2.56. The van der Waals surface area contributed by atoms with Crippen LogP contribution in [0.25, 0.3) is 0 Å². The molecule has 1 aromatic rings. The van der Waals surface area contributed by atoms with Crippen molar-refractivity contribution in [1.82, 2.24) is 10.2 Å². The molecular formula is C27H39N3O3. The maximum Gasteiger partial charge on any atom is 0.245 e. The molecule has 3 aliphatic rings. The molecule has 1 aliphatic heterocycles. The van der Waals surface area contributed by atoms with Gasteiger partial charge < -0.3 is 15.5 Å². The first-order valence-electron chi connectivity index (χ1n) is 13.0. The summed E-state index contributed by atoms with van der Waals surface area (Å²) < 4.78 is 0. The molecule has 0 spiro atoms. The van der Waals surface area contributed by atoms with Crippen molar-refractivity contribution in [2.75, 3.05) is 11.9 Å². The van der Waals surface area contributed by atoms with E-state index in [4.69, 9.17) is 0 Å². The van der Waals surface area contributed by atoms with E-state index in [1.54, 1.807) is 0 Å². The number of likely N-dealkylation sites (tertiary alicyclic amines) is 1. The van der Waals surface area contributed by atoms with Gasteiger partial charge in [-0.25, -0.2) is 0 Å². The van der Waals surface area contributed by atoms with E-state index in [-0.39, 0.29) is 41.5 Å². The summed E-state index contributed by atoms with van der Waals surface area (Å²) in [6, 6.07) is 9.01. The monoisotopic (exact) mass is 453 g/mol. The summed E-state index contributed by atoms with van der Waals surface area (Å²) in [6.45, 7) is 4.61. The minimum atomic E-state index is -0.469.